The summed E-state index contributed by atoms with van der Waals surface area (Å²) in [6, 6.07) is 13.1. The van der Waals surface area contributed by atoms with Crippen LogP contribution in [0.3, 0.4) is 0 Å². The van der Waals surface area contributed by atoms with Gasteiger partial charge in [0.25, 0.3) is 0 Å². The van der Waals surface area contributed by atoms with Crippen LogP contribution in [0.5, 0.6) is 0 Å². The van der Waals surface area contributed by atoms with Crippen LogP contribution in [-0.4, -0.2) is 9.97 Å². The van der Waals surface area contributed by atoms with Crippen molar-refractivity contribution >= 4 is 11.0 Å². The predicted octanol–water partition coefficient (Wildman–Crippen LogP) is 4.84. The van der Waals surface area contributed by atoms with Crippen molar-refractivity contribution in [3.63, 3.8) is 0 Å². The standard InChI is InChI=1S/C18H20N2/c1-12-9-14-10-16(20-17(14)19-11-12)13-5-7-15(8-6-13)18(2,3)4/h5-11H,1-4H3,(H,19,20). The summed E-state index contributed by atoms with van der Waals surface area (Å²) in [5, 5.41) is 1.17. The number of nitrogens with zero attached hydrogens (tertiary/aromatic N) is 1. The summed E-state index contributed by atoms with van der Waals surface area (Å²) < 4.78 is 0. The molecular formula is C18H20N2. The van der Waals surface area contributed by atoms with Crippen molar-refractivity contribution in [2.75, 3.05) is 0 Å². The predicted molar refractivity (Wildman–Crippen MR) is 85.0 cm³/mol. The summed E-state index contributed by atoms with van der Waals surface area (Å²) in [5.41, 5.74) is 6.01. The van der Waals surface area contributed by atoms with E-state index < -0.39 is 0 Å². The van der Waals surface area contributed by atoms with E-state index in [0.717, 1.165) is 11.3 Å². The van der Waals surface area contributed by atoms with Crippen molar-refractivity contribution in [1.82, 2.24) is 9.97 Å². The van der Waals surface area contributed by atoms with Gasteiger partial charge in [-0.3, -0.25) is 0 Å². The molecule has 20 heavy (non-hydrogen) atoms. The van der Waals surface area contributed by atoms with Gasteiger partial charge in [0.05, 0.1) is 0 Å². The van der Waals surface area contributed by atoms with E-state index in [1.165, 1.54) is 22.1 Å². The Morgan fingerprint density at radius 2 is 1.70 bits per heavy atom. The van der Waals surface area contributed by atoms with Gasteiger partial charge in [-0.25, -0.2) is 4.98 Å². The average Bonchev–Trinajstić information content (AvgIpc) is 2.80. The highest BCUT2D eigenvalue weighted by molar-refractivity contribution is 5.83. The number of fused-ring (bicyclic) bond motifs is 1. The van der Waals surface area contributed by atoms with Crippen molar-refractivity contribution < 1.29 is 0 Å². The highest BCUT2D eigenvalue weighted by Gasteiger charge is 2.13. The van der Waals surface area contributed by atoms with Crippen LogP contribution < -0.4 is 0 Å². The maximum atomic E-state index is 4.43. The second-order valence-corrected chi connectivity index (χ2v) is 6.46. The average molecular weight is 264 g/mol. The van der Waals surface area contributed by atoms with E-state index in [4.69, 9.17) is 0 Å². The zero-order valence-electron chi connectivity index (χ0n) is 12.5. The van der Waals surface area contributed by atoms with Gasteiger partial charge in [-0.2, -0.15) is 0 Å². The maximum Gasteiger partial charge on any atom is 0.137 e. The molecule has 0 aliphatic heterocycles. The summed E-state index contributed by atoms with van der Waals surface area (Å²) in [6.07, 6.45) is 1.89. The lowest BCUT2D eigenvalue weighted by molar-refractivity contribution is 0.590. The first-order valence-corrected chi connectivity index (χ1v) is 7.00. The van der Waals surface area contributed by atoms with Crippen LogP contribution in [0, 0.1) is 6.92 Å². The van der Waals surface area contributed by atoms with Crippen LogP contribution in [-0.2, 0) is 5.41 Å². The SMILES string of the molecule is Cc1cnc2[nH]c(-c3ccc(C(C)(C)C)cc3)cc2c1. The molecule has 3 rings (SSSR count). The lowest BCUT2D eigenvalue weighted by Gasteiger charge is -2.18. The second kappa shape index (κ2) is 4.48. The molecule has 0 atom stereocenters. The number of pyridine rings is 1. The molecule has 0 aliphatic carbocycles. The van der Waals surface area contributed by atoms with Gasteiger partial charge in [0.15, 0.2) is 0 Å². The normalized spacial score (nSPS) is 12.0. The zero-order valence-corrected chi connectivity index (χ0v) is 12.5. The molecule has 0 saturated carbocycles. The highest BCUT2D eigenvalue weighted by atomic mass is 14.9. The number of aromatic nitrogens is 2. The molecule has 1 aromatic carbocycles. The van der Waals surface area contributed by atoms with E-state index in [9.17, 15) is 0 Å². The Balaban J connectivity index is 2.02. The molecule has 0 fully saturated rings. The molecule has 3 aromatic rings. The molecule has 0 aliphatic rings. The lowest BCUT2D eigenvalue weighted by atomic mass is 9.86. The number of nitrogens with one attached hydrogen (secondary N) is 1. The number of hydrogen-bond donors (Lipinski definition) is 1. The molecule has 2 aromatic heterocycles. The van der Waals surface area contributed by atoms with Crippen molar-refractivity contribution in [2.24, 2.45) is 0 Å². The van der Waals surface area contributed by atoms with Crippen molar-refractivity contribution in [1.29, 1.82) is 0 Å². The fourth-order valence-electron chi connectivity index (χ4n) is 2.43. The van der Waals surface area contributed by atoms with E-state index in [1.807, 2.05) is 6.20 Å². The third-order valence-corrected chi connectivity index (χ3v) is 3.67. The molecule has 0 bridgehead atoms. The Morgan fingerprint density at radius 1 is 1.00 bits per heavy atom. The van der Waals surface area contributed by atoms with Gasteiger partial charge in [-0.1, -0.05) is 45.0 Å². The van der Waals surface area contributed by atoms with Crippen LogP contribution in [0.15, 0.2) is 42.6 Å². The van der Waals surface area contributed by atoms with Crippen LogP contribution in [0.1, 0.15) is 31.9 Å². The fourth-order valence-corrected chi connectivity index (χ4v) is 2.43. The molecule has 2 nitrogen and oxygen atoms in total. The molecule has 102 valence electrons. The van der Waals surface area contributed by atoms with Crippen LogP contribution in [0.25, 0.3) is 22.3 Å². The van der Waals surface area contributed by atoms with E-state index in [2.05, 4.69) is 74.1 Å². The summed E-state index contributed by atoms with van der Waals surface area (Å²) in [7, 11) is 0. The van der Waals surface area contributed by atoms with Crippen LogP contribution >= 0.6 is 0 Å². The van der Waals surface area contributed by atoms with Gasteiger partial charge in [0, 0.05) is 17.3 Å². The molecule has 0 spiro atoms. The molecule has 0 unspecified atom stereocenters. The van der Waals surface area contributed by atoms with Crippen molar-refractivity contribution in [2.45, 2.75) is 33.1 Å². The monoisotopic (exact) mass is 264 g/mol. The van der Waals surface area contributed by atoms with Crippen LogP contribution in [0.2, 0.25) is 0 Å². The van der Waals surface area contributed by atoms with Crippen molar-refractivity contribution in [3.05, 3.63) is 53.7 Å². The smallest absolute Gasteiger partial charge is 0.137 e. The number of aryl methyl sites for hydroxylation is 1. The van der Waals surface area contributed by atoms with Gasteiger partial charge in [0.1, 0.15) is 5.65 Å². The maximum absolute atomic E-state index is 4.43. The van der Waals surface area contributed by atoms with E-state index in [0.29, 0.717) is 0 Å². The Labute approximate surface area is 119 Å². The Bertz CT molecular complexity index is 743. The molecule has 0 saturated heterocycles. The van der Waals surface area contributed by atoms with E-state index in [1.54, 1.807) is 0 Å². The fraction of sp³-hybridized carbons (Fsp3) is 0.278. The quantitative estimate of drug-likeness (QED) is 0.669. The van der Waals surface area contributed by atoms with Gasteiger partial charge in [0.2, 0.25) is 0 Å². The largest absolute Gasteiger partial charge is 0.339 e. The van der Waals surface area contributed by atoms with Gasteiger partial charge in [-0.05, 0) is 41.2 Å². The topological polar surface area (TPSA) is 28.7 Å². The molecule has 2 heterocycles. The summed E-state index contributed by atoms with van der Waals surface area (Å²) in [6.45, 7) is 8.77. The third kappa shape index (κ3) is 2.34. The zero-order chi connectivity index (χ0) is 14.3. The van der Waals surface area contributed by atoms with Gasteiger partial charge >= 0.3 is 0 Å². The van der Waals surface area contributed by atoms with Crippen molar-refractivity contribution in [3.8, 4) is 11.3 Å². The molecule has 0 amide bonds. The first-order chi connectivity index (χ1) is 9.43. The Morgan fingerprint density at radius 3 is 2.35 bits per heavy atom. The number of benzene rings is 1. The minimum Gasteiger partial charge on any atom is -0.339 e. The summed E-state index contributed by atoms with van der Waals surface area (Å²) in [4.78, 5) is 7.81. The van der Waals surface area contributed by atoms with Gasteiger partial charge in [-0.15, -0.1) is 0 Å². The molecular weight excluding hydrogens is 244 g/mol. The minimum absolute atomic E-state index is 0.192. The number of hydrogen-bond acceptors (Lipinski definition) is 1. The van der Waals surface area contributed by atoms with Gasteiger partial charge < -0.3 is 4.98 Å². The van der Waals surface area contributed by atoms with E-state index >= 15 is 0 Å². The first-order valence-electron chi connectivity index (χ1n) is 7.00. The highest BCUT2D eigenvalue weighted by Crippen LogP contribution is 2.27. The van der Waals surface area contributed by atoms with E-state index in [-0.39, 0.29) is 5.41 Å². The molecule has 1 N–H and O–H groups in total. The number of H-pyrrole nitrogens is 1. The Kier molecular flexibility index (Phi) is 2.89. The van der Waals surface area contributed by atoms with Crippen LogP contribution in [0.4, 0.5) is 0 Å². The first kappa shape index (κ1) is 12.9. The molecule has 2 heteroatoms. The number of aromatic amines is 1. The summed E-state index contributed by atoms with van der Waals surface area (Å²) >= 11 is 0. The number of rotatable bonds is 1. The second-order valence-electron chi connectivity index (χ2n) is 6.46. The lowest BCUT2D eigenvalue weighted by Crippen LogP contribution is -2.10. The minimum atomic E-state index is 0.192. The summed E-state index contributed by atoms with van der Waals surface area (Å²) in [5.74, 6) is 0. The third-order valence-electron chi connectivity index (χ3n) is 3.67. The molecule has 0 radical (unpaired) electrons. The Hall–Kier alpha value is -2.09.